The Hall–Kier alpha value is -1.90. The standard InChI is InChI=1S/C11H11N3/c1-8-6-11(14-7-10(8)12)9-2-4-13-5-3-9/h2-7H,12H2,1H3. The molecule has 0 fully saturated rings. The predicted octanol–water partition coefficient (Wildman–Crippen LogP) is 2.03. The van der Waals surface area contributed by atoms with Gasteiger partial charge in [0, 0.05) is 18.0 Å². The average Bonchev–Trinajstić information content (AvgIpc) is 2.23. The summed E-state index contributed by atoms with van der Waals surface area (Å²) in [6, 6.07) is 5.83. The molecule has 0 aliphatic carbocycles. The lowest BCUT2D eigenvalue weighted by molar-refractivity contribution is 1.27. The summed E-state index contributed by atoms with van der Waals surface area (Å²) in [6.07, 6.45) is 5.19. The second kappa shape index (κ2) is 3.46. The fourth-order valence-electron chi connectivity index (χ4n) is 1.25. The van der Waals surface area contributed by atoms with Crippen LogP contribution in [-0.2, 0) is 0 Å². The van der Waals surface area contributed by atoms with E-state index >= 15 is 0 Å². The summed E-state index contributed by atoms with van der Waals surface area (Å²) < 4.78 is 0. The van der Waals surface area contributed by atoms with Crippen molar-refractivity contribution < 1.29 is 0 Å². The van der Waals surface area contributed by atoms with Crippen molar-refractivity contribution in [3.8, 4) is 11.3 Å². The molecule has 0 aliphatic rings. The molecule has 0 unspecified atom stereocenters. The monoisotopic (exact) mass is 185 g/mol. The number of hydrogen-bond donors (Lipinski definition) is 1. The molecule has 2 heterocycles. The van der Waals surface area contributed by atoms with Crippen LogP contribution in [0.4, 0.5) is 5.69 Å². The van der Waals surface area contributed by atoms with Gasteiger partial charge in [-0.05, 0) is 30.7 Å². The van der Waals surface area contributed by atoms with Gasteiger partial charge in [0.25, 0.3) is 0 Å². The van der Waals surface area contributed by atoms with Gasteiger partial charge in [0.2, 0.25) is 0 Å². The summed E-state index contributed by atoms with van der Waals surface area (Å²) in [5.41, 5.74) is 9.45. The Morgan fingerprint density at radius 3 is 2.57 bits per heavy atom. The van der Waals surface area contributed by atoms with Gasteiger partial charge >= 0.3 is 0 Å². The van der Waals surface area contributed by atoms with E-state index in [-0.39, 0.29) is 0 Å². The van der Waals surface area contributed by atoms with Crippen molar-refractivity contribution in [3.05, 3.63) is 42.4 Å². The van der Waals surface area contributed by atoms with E-state index in [1.54, 1.807) is 18.6 Å². The molecule has 70 valence electrons. The van der Waals surface area contributed by atoms with E-state index in [0.717, 1.165) is 22.5 Å². The molecule has 2 rings (SSSR count). The van der Waals surface area contributed by atoms with E-state index in [2.05, 4.69) is 9.97 Å². The Balaban J connectivity index is 2.48. The van der Waals surface area contributed by atoms with Crippen molar-refractivity contribution in [2.45, 2.75) is 6.92 Å². The quantitative estimate of drug-likeness (QED) is 0.739. The fourth-order valence-corrected chi connectivity index (χ4v) is 1.25. The first-order valence-electron chi connectivity index (χ1n) is 4.40. The molecule has 0 amide bonds. The number of aromatic nitrogens is 2. The van der Waals surface area contributed by atoms with Crippen molar-refractivity contribution in [3.63, 3.8) is 0 Å². The van der Waals surface area contributed by atoms with Gasteiger partial charge in [-0.1, -0.05) is 0 Å². The fraction of sp³-hybridized carbons (Fsp3) is 0.0909. The molecule has 3 heteroatoms. The number of pyridine rings is 2. The number of rotatable bonds is 1. The van der Waals surface area contributed by atoms with Crippen LogP contribution in [0.3, 0.4) is 0 Å². The Labute approximate surface area is 82.6 Å². The summed E-state index contributed by atoms with van der Waals surface area (Å²) in [5, 5.41) is 0. The highest BCUT2D eigenvalue weighted by atomic mass is 14.7. The average molecular weight is 185 g/mol. The highest BCUT2D eigenvalue weighted by molar-refractivity contribution is 5.62. The Bertz CT molecular complexity index is 438. The van der Waals surface area contributed by atoms with Gasteiger partial charge in [0.05, 0.1) is 17.6 Å². The molecule has 0 bridgehead atoms. The number of nitrogens with two attached hydrogens (primary N) is 1. The molecular formula is C11H11N3. The van der Waals surface area contributed by atoms with E-state index in [4.69, 9.17) is 5.73 Å². The molecule has 0 atom stereocenters. The molecule has 2 N–H and O–H groups in total. The van der Waals surface area contributed by atoms with Crippen molar-refractivity contribution in [2.24, 2.45) is 0 Å². The van der Waals surface area contributed by atoms with Crippen LogP contribution in [0.1, 0.15) is 5.56 Å². The lowest BCUT2D eigenvalue weighted by atomic mass is 10.1. The van der Waals surface area contributed by atoms with E-state index in [1.807, 2.05) is 25.1 Å². The minimum atomic E-state index is 0.725. The number of aryl methyl sites for hydroxylation is 1. The summed E-state index contributed by atoms with van der Waals surface area (Å²) in [4.78, 5) is 8.21. The largest absolute Gasteiger partial charge is 0.397 e. The topological polar surface area (TPSA) is 51.8 Å². The maximum atomic E-state index is 5.69. The van der Waals surface area contributed by atoms with Gasteiger partial charge in [-0.3, -0.25) is 9.97 Å². The Kier molecular flexibility index (Phi) is 2.14. The summed E-state index contributed by atoms with van der Waals surface area (Å²) in [7, 11) is 0. The minimum Gasteiger partial charge on any atom is -0.397 e. The maximum Gasteiger partial charge on any atom is 0.0707 e. The molecule has 0 spiro atoms. The van der Waals surface area contributed by atoms with Crippen molar-refractivity contribution >= 4 is 5.69 Å². The van der Waals surface area contributed by atoms with Crippen LogP contribution in [0.5, 0.6) is 0 Å². The molecule has 0 saturated carbocycles. The minimum absolute atomic E-state index is 0.725. The van der Waals surface area contributed by atoms with Crippen LogP contribution < -0.4 is 5.73 Å². The first-order chi connectivity index (χ1) is 6.77. The Morgan fingerprint density at radius 2 is 1.93 bits per heavy atom. The molecule has 0 aliphatic heterocycles. The molecule has 2 aromatic rings. The molecule has 0 aromatic carbocycles. The maximum absolute atomic E-state index is 5.69. The second-order valence-corrected chi connectivity index (χ2v) is 3.16. The van der Waals surface area contributed by atoms with Crippen molar-refractivity contribution in [1.82, 2.24) is 9.97 Å². The molecule has 14 heavy (non-hydrogen) atoms. The highest BCUT2D eigenvalue weighted by Gasteiger charge is 2.00. The molecule has 0 radical (unpaired) electrons. The number of nitrogens with zero attached hydrogens (tertiary/aromatic N) is 2. The number of nitrogen functional groups attached to an aromatic ring is 1. The van der Waals surface area contributed by atoms with Crippen LogP contribution in [0, 0.1) is 6.92 Å². The van der Waals surface area contributed by atoms with Crippen molar-refractivity contribution in [2.75, 3.05) is 5.73 Å². The van der Waals surface area contributed by atoms with E-state index in [9.17, 15) is 0 Å². The van der Waals surface area contributed by atoms with Gasteiger partial charge in [0.1, 0.15) is 0 Å². The summed E-state index contributed by atoms with van der Waals surface area (Å²) >= 11 is 0. The third-order valence-corrected chi connectivity index (χ3v) is 2.13. The van der Waals surface area contributed by atoms with Gasteiger partial charge in [-0.25, -0.2) is 0 Å². The lowest BCUT2D eigenvalue weighted by Crippen LogP contribution is -1.92. The van der Waals surface area contributed by atoms with Gasteiger partial charge in [-0.2, -0.15) is 0 Å². The SMILES string of the molecule is Cc1cc(-c2ccncc2)ncc1N. The molecular weight excluding hydrogens is 174 g/mol. The Morgan fingerprint density at radius 1 is 1.21 bits per heavy atom. The van der Waals surface area contributed by atoms with Crippen molar-refractivity contribution in [1.29, 1.82) is 0 Å². The molecule has 0 saturated heterocycles. The van der Waals surface area contributed by atoms with Gasteiger partial charge < -0.3 is 5.73 Å². The summed E-state index contributed by atoms with van der Waals surface area (Å²) in [6.45, 7) is 1.97. The van der Waals surface area contributed by atoms with Crippen LogP contribution >= 0.6 is 0 Å². The van der Waals surface area contributed by atoms with Crippen LogP contribution in [0.25, 0.3) is 11.3 Å². The van der Waals surface area contributed by atoms with Gasteiger partial charge in [0.15, 0.2) is 0 Å². The predicted molar refractivity (Wildman–Crippen MR) is 56.6 cm³/mol. The lowest BCUT2D eigenvalue weighted by Gasteiger charge is -2.03. The van der Waals surface area contributed by atoms with Crippen LogP contribution in [-0.4, -0.2) is 9.97 Å². The van der Waals surface area contributed by atoms with E-state index < -0.39 is 0 Å². The number of hydrogen-bond acceptors (Lipinski definition) is 3. The zero-order valence-corrected chi connectivity index (χ0v) is 7.94. The third-order valence-electron chi connectivity index (χ3n) is 2.13. The number of anilines is 1. The van der Waals surface area contributed by atoms with E-state index in [1.165, 1.54) is 0 Å². The summed E-state index contributed by atoms with van der Waals surface area (Å²) in [5.74, 6) is 0. The van der Waals surface area contributed by atoms with E-state index in [0.29, 0.717) is 0 Å². The first-order valence-corrected chi connectivity index (χ1v) is 4.40. The second-order valence-electron chi connectivity index (χ2n) is 3.16. The molecule has 3 nitrogen and oxygen atoms in total. The van der Waals surface area contributed by atoms with Gasteiger partial charge in [-0.15, -0.1) is 0 Å². The zero-order chi connectivity index (χ0) is 9.97. The third kappa shape index (κ3) is 1.57. The smallest absolute Gasteiger partial charge is 0.0707 e. The highest BCUT2D eigenvalue weighted by Crippen LogP contribution is 2.19. The zero-order valence-electron chi connectivity index (χ0n) is 7.94. The normalized spacial score (nSPS) is 10.1. The first kappa shape index (κ1) is 8.69. The van der Waals surface area contributed by atoms with Crippen LogP contribution in [0.15, 0.2) is 36.8 Å². The van der Waals surface area contributed by atoms with Crippen LogP contribution in [0.2, 0.25) is 0 Å². The molecule has 2 aromatic heterocycles.